The van der Waals surface area contributed by atoms with Gasteiger partial charge in [0.2, 0.25) is 5.91 Å². The highest BCUT2D eigenvalue weighted by molar-refractivity contribution is 6.21. The van der Waals surface area contributed by atoms with Crippen LogP contribution in [0.25, 0.3) is 0 Å². The highest BCUT2D eigenvalue weighted by atomic mass is 16.5. The van der Waals surface area contributed by atoms with Crippen LogP contribution >= 0.6 is 0 Å². The predicted molar refractivity (Wildman–Crippen MR) is 96.4 cm³/mol. The van der Waals surface area contributed by atoms with Gasteiger partial charge in [-0.15, -0.1) is 0 Å². The Morgan fingerprint density at radius 2 is 1.88 bits per heavy atom. The molecule has 1 aromatic carbocycles. The molecule has 0 unspecified atom stereocenters. The molecule has 1 saturated heterocycles. The summed E-state index contributed by atoms with van der Waals surface area (Å²) in [5.74, 6) is 1.82. The van der Waals surface area contributed by atoms with Gasteiger partial charge in [-0.2, -0.15) is 0 Å². The number of nitrogens with two attached hydrogens (primary N) is 1. The Bertz CT molecular complexity index is 628. The molecule has 5 heteroatoms. The number of hydrogen-bond donors (Lipinski definition) is 1. The Hall–Kier alpha value is -1.88. The maximum atomic E-state index is 12.8. The fourth-order valence-electron chi connectivity index (χ4n) is 4.13. The van der Waals surface area contributed by atoms with Crippen LogP contribution in [-0.2, 0) is 9.59 Å². The third-order valence-corrected chi connectivity index (χ3v) is 5.84. The van der Waals surface area contributed by atoms with E-state index in [1.165, 1.54) is 17.7 Å². The maximum Gasteiger partial charge on any atom is 0.292 e. The summed E-state index contributed by atoms with van der Waals surface area (Å²) in [5.41, 5.74) is 0.638. The van der Waals surface area contributed by atoms with Crippen molar-refractivity contribution in [2.45, 2.75) is 58.5 Å². The molecule has 1 saturated carbocycles. The van der Waals surface area contributed by atoms with Crippen molar-refractivity contribution in [2.75, 3.05) is 11.5 Å². The van der Waals surface area contributed by atoms with Gasteiger partial charge < -0.3 is 10.1 Å². The molecule has 25 heavy (non-hydrogen) atoms. The van der Waals surface area contributed by atoms with Crippen molar-refractivity contribution in [3.8, 4) is 5.75 Å². The van der Waals surface area contributed by atoms with E-state index in [4.69, 9.17) is 4.74 Å². The SMILES string of the molecule is CCOc1ccc(N2C(=O)C[C@H]([NH2+][C@@H]3CCC[C@H](C)[C@@H]3C)C2=O)cc1. The van der Waals surface area contributed by atoms with Crippen LogP contribution in [0.5, 0.6) is 5.75 Å². The van der Waals surface area contributed by atoms with Gasteiger partial charge in [0, 0.05) is 5.92 Å². The smallest absolute Gasteiger partial charge is 0.292 e. The predicted octanol–water partition coefficient (Wildman–Crippen LogP) is 2.11. The van der Waals surface area contributed by atoms with Crippen LogP contribution in [0, 0.1) is 11.8 Å². The molecule has 2 amide bonds. The standard InChI is InChI=1S/C20H28N2O3/c1-4-25-16-10-8-15(9-11-16)22-19(23)12-18(20(22)24)21-17-7-5-6-13(2)14(17)3/h8-11,13-14,17-18,21H,4-7,12H2,1-3H3/p+1/t13-,14-,17+,18-/m0/s1. The molecule has 5 nitrogen and oxygen atoms in total. The second kappa shape index (κ2) is 7.56. The number of anilines is 1. The normalized spacial score (nSPS) is 30.0. The lowest BCUT2D eigenvalue weighted by molar-refractivity contribution is -0.716. The molecule has 2 N–H and O–H groups in total. The average Bonchev–Trinajstić information content (AvgIpc) is 2.87. The maximum absolute atomic E-state index is 12.8. The first kappa shape index (κ1) is 17.9. The molecule has 0 spiro atoms. The number of carbonyl (C=O) groups is 2. The molecule has 0 bridgehead atoms. The molecule has 2 aliphatic rings. The van der Waals surface area contributed by atoms with Crippen LogP contribution in [-0.4, -0.2) is 30.5 Å². The molecule has 1 aromatic rings. The fraction of sp³-hybridized carbons (Fsp3) is 0.600. The van der Waals surface area contributed by atoms with E-state index in [9.17, 15) is 9.59 Å². The molecule has 1 aliphatic carbocycles. The molecular weight excluding hydrogens is 316 g/mol. The first-order chi connectivity index (χ1) is 12.0. The zero-order valence-corrected chi connectivity index (χ0v) is 15.4. The summed E-state index contributed by atoms with van der Waals surface area (Å²) in [5, 5.41) is 2.16. The summed E-state index contributed by atoms with van der Waals surface area (Å²) in [4.78, 5) is 26.6. The van der Waals surface area contributed by atoms with Crippen molar-refractivity contribution in [3.05, 3.63) is 24.3 Å². The van der Waals surface area contributed by atoms with Crippen molar-refractivity contribution < 1.29 is 19.6 Å². The summed E-state index contributed by atoms with van der Waals surface area (Å²) >= 11 is 0. The Balaban J connectivity index is 1.69. The number of rotatable bonds is 5. The molecule has 2 fully saturated rings. The first-order valence-electron chi connectivity index (χ1n) is 9.46. The minimum atomic E-state index is -0.281. The second-order valence-electron chi connectivity index (χ2n) is 7.43. The third-order valence-electron chi connectivity index (χ3n) is 5.84. The Labute approximate surface area is 149 Å². The van der Waals surface area contributed by atoms with Gasteiger partial charge in [0.15, 0.2) is 6.04 Å². The largest absolute Gasteiger partial charge is 0.494 e. The minimum absolute atomic E-state index is 0.0837. The van der Waals surface area contributed by atoms with Crippen molar-refractivity contribution in [1.29, 1.82) is 0 Å². The highest BCUT2D eigenvalue weighted by Gasteiger charge is 2.44. The molecule has 1 heterocycles. The Kier molecular flexibility index (Phi) is 5.42. The number of nitrogens with zero attached hydrogens (tertiary/aromatic N) is 1. The van der Waals surface area contributed by atoms with Gasteiger partial charge in [0.05, 0.1) is 24.8 Å². The summed E-state index contributed by atoms with van der Waals surface area (Å²) < 4.78 is 5.43. The van der Waals surface area contributed by atoms with Gasteiger partial charge in [0.1, 0.15) is 5.75 Å². The van der Waals surface area contributed by atoms with E-state index in [1.54, 1.807) is 24.3 Å². The van der Waals surface area contributed by atoms with E-state index in [0.29, 0.717) is 36.6 Å². The van der Waals surface area contributed by atoms with Gasteiger partial charge in [0.25, 0.3) is 5.91 Å². The molecule has 136 valence electrons. The zero-order valence-electron chi connectivity index (χ0n) is 15.4. The molecule has 0 aromatic heterocycles. The lowest BCUT2D eigenvalue weighted by Gasteiger charge is -2.33. The Morgan fingerprint density at radius 3 is 2.56 bits per heavy atom. The summed E-state index contributed by atoms with van der Waals surface area (Å²) in [7, 11) is 0. The van der Waals surface area contributed by atoms with Crippen LogP contribution in [0.15, 0.2) is 24.3 Å². The quantitative estimate of drug-likeness (QED) is 0.832. The summed E-state index contributed by atoms with van der Waals surface area (Å²) in [6, 6.07) is 7.34. The van der Waals surface area contributed by atoms with Crippen LogP contribution in [0.2, 0.25) is 0 Å². The van der Waals surface area contributed by atoms with Gasteiger partial charge >= 0.3 is 0 Å². The number of ether oxygens (including phenoxy) is 1. The van der Waals surface area contributed by atoms with Crippen LogP contribution < -0.4 is 15.0 Å². The van der Waals surface area contributed by atoms with Crippen LogP contribution in [0.4, 0.5) is 5.69 Å². The summed E-state index contributed by atoms with van der Waals surface area (Å²) in [6.07, 6.45) is 3.90. The van der Waals surface area contributed by atoms with E-state index >= 15 is 0 Å². The van der Waals surface area contributed by atoms with Crippen molar-refractivity contribution in [2.24, 2.45) is 11.8 Å². The van der Waals surface area contributed by atoms with Crippen molar-refractivity contribution in [1.82, 2.24) is 0 Å². The van der Waals surface area contributed by atoms with Gasteiger partial charge in [-0.05, 0) is 56.4 Å². The highest BCUT2D eigenvalue weighted by Crippen LogP contribution is 2.29. The van der Waals surface area contributed by atoms with Crippen LogP contribution in [0.3, 0.4) is 0 Å². The lowest BCUT2D eigenvalue weighted by atomic mass is 9.78. The number of imide groups is 1. The van der Waals surface area contributed by atoms with Gasteiger partial charge in [-0.1, -0.05) is 13.8 Å². The monoisotopic (exact) mass is 345 g/mol. The third kappa shape index (κ3) is 3.71. The van der Waals surface area contributed by atoms with E-state index < -0.39 is 0 Å². The average molecular weight is 345 g/mol. The number of carbonyl (C=O) groups excluding carboxylic acids is 2. The van der Waals surface area contributed by atoms with E-state index in [-0.39, 0.29) is 17.9 Å². The minimum Gasteiger partial charge on any atom is -0.494 e. The topological polar surface area (TPSA) is 63.2 Å². The van der Waals surface area contributed by atoms with Crippen molar-refractivity contribution in [3.63, 3.8) is 0 Å². The second-order valence-corrected chi connectivity index (χ2v) is 7.43. The van der Waals surface area contributed by atoms with E-state index in [0.717, 1.165) is 12.2 Å². The fourth-order valence-corrected chi connectivity index (χ4v) is 4.13. The first-order valence-corrected chi connectivity index (χ1v) is 9.46. The molecule has 3 rings (SSSR count). The van der Waals surface area contributed by atoms with Gasteiger partial charge in [-0.3, -0.25) is 9.59 Å². The van der Waals surface area contributed by atoms with E-state index in [1.807, 2.05) is 6.92 Å². The molecule has 4 atom stereocenters. The number of amides is 2. The number of hydrogen-bond acceptors (Lipinski definition) is 3. The van der Waals surface area contributed by atoms with Crippen LogP contribution in [0.1, 0.15) is 46.5 Å². The van der Waals surface area contributed by atoms with Crippen molar-refractivity contribution >= 4 is 17.5 Å². The Morgan fingerprint density at radius 1 is 1.16 bits per heavy atom. The lowest BCUT2D eigenvalue weighted by Crippen LogP contribution is -2.97. The molecule has 0 radical (unpaired) electrons. The zero-order chi connectivity index (χ0) is 18.0. The summed E-state index contributed by atoms with van der Waals surface area (Å²) in [6.45, 7) is 7.08. The number of benzene rings is 1. The van der Waals surface area contributed by atoms with E-state index in [2.05, 4.69) is 19.2 Å². The molecule has 1 aliphatic heterocycles. The number of quaternary nitrogens is 1. The molecular formula is C20H29N2O3+. The van der Waals surface area contributed by atoms with Gasteiger partial charge in [-0.25, -0.2) is 4.90 Å².